The average molecular weight is 367 g/mol. The van der Waals surface area contributed by atoms with Gasteiger partial charge in [0, 0.05) is 5.69 Å². The van der Waals surface area contributed by atoms with Crippen LogP contribution < -0.4 is 16.0 Å². The highest BCUT2D eigenvalue weighted by Crippen LogP contribution is 2.26. The van der Waals surface area contributed by atoms with Gasteiger partial charge in [0.15, 0.2) is 0 Å². The number of rotatable bonds is 6. The third-order valence-electron chi connectivity index (χ3n) is 4.46. The Morgan fingerprint density at radius 3 is 2.56 bits per heavy atom. The number of nitrogens with one attached hydrogen (secondary N) is 3. The van der Waals surface area contributed by atoms with E-state index in [-0.39, 0.29) is 5.91 Å². The molecule has 27 heavy (non-hydrogen) atoms. The van der Waals surface area contributed by atoms with E-state index in [0.29, 0.717) is 17.9 Å². The van der Waals surface area contributed by atoms with Crippen molar-refractivity contribution in [2.45, 2.75) is 32.1 Å². The van der Waals surface area contributed by atoms with Crippen molar-refractivity contribution in [3.05, 3.63) is 65.7 Å². The molecule has 0 aliphatic carbocycles. The maximum atomic E-state index is 12.4. The molecule has 2 unspecified atom stereocenters. The molecule has 4 amide bonds. The number of hydrogen-bond acceptors (Lipinski definition) is 4. The van der Waals surface area contributed by atoms with Crippen molar-refractivity contribution in [3.8, 4) is 0 Å². The topological polar surface area (TPSA) is 96.5 Å². The summed E-state index contributed by atoms with van der Waals surface area (Å²) in [7, 11) is 0. The minimum absolute atomic E-state index is 0.298. The summed E-state index contributed by atoms with van der Waals surface area (Å²) in [5, 5.41) is 7.60. The van der Waals surface area contributed by atoms with Crippen LogP contribution in [0, 0.1) is 0 Å². The van der Waals surface area contributed by atoms with Crippen LogP contribution in [-0.2, 0) is 26.5 Å². The predicted molar refractivity (Wildman–Crippen MR) is 99.8 cm³/mol. The number of anilines is 1. The van der Waals surface area contributed by atoms with E-state index in [1.54, 1.807) is 38.1 Å². The van der Waals surface area contributed by atoms with Crippen LogP contribution in [0.2, 0.25) is 0 Å². The Kier molecular flexibility index (Phi) is 5.23. The fourth-order valence-electron chi connectivity index (χ4n) is 2.77. The van der Waals surface area contributed by atoms with E-state index in [2.05, 4.69) is 16.0 Å². The van der Waals surface area contributed by atoms with E-state index in [1.807, 2.05) is 30.3 Å². The van der Waals surface area contributed by atoms with Gasteiger partial charge < -0.3 is 15.4 Å². The molecule has 0 radical (unpaired) electrons. The molecule has 0 bridgehead atoms. The predicted octanol–water partition coefficient (Wildman–Crippen LogP) is 2.29. The summed E-state index contributed by atoms with van der Waals surface area (Å²) in [6.07, 6.45) is -0.654. The highest BCUT2D eigenvalue weighted by molar-refractivity contribution is 6.07. The molecule has 1 aliphatic rings. The van der Waals surface area contributed by atoms with Gasteiger partial charge in [-0.2, -0.15) is 0 Å². The molecule has 2 aromatic rings. The SMILES string of the molecule is CC(OCc1ccccc1)C(=O)Nc1cccc(C2(C)NC(=O)NC2=O)c1. The number of imide groups is 1. The van der Waals surface area contributed by atoms with Gasteiger partial charge in [-0.25, -0.2) is 4.79 Å². The van der Waals surface area contributed by atoms with Crippen molar-refractivity contribution in [3.63, 3.8) is 0 Å². The van der Waals surface area contributed by atoms with Crippen LogP contribution in [0.5, 0.6) is 0 Å². The van der Waals surface area contributed by atoms with E-state index < -0.39 is 23.6 Å². The standard InChI is InChI=1S/C20H21N3O4/c1-13(27-12-14-7-4-3-5-8-14)17(24)21-16-10-6-9-15(11-16)20(2)18(25)22-19(26)23-20/h3-11,13H,12H2,1-2H3,(H,21,24)(H2,22,23,25,26). The summed E-state index contributed by atoms with van der Waals surface area (Å²) in [4.78, 5) is 35.9. The second kappa shape index (κ2) is 7.59. The molecule has 2 aromatic carbocycles. The first kappa shape index (κ1) is 18.6. The number of amides is 4. The lowest BCUT2D eigenvalue weighted by Gasteiger charge is -2.22. The van der Waals surface area contributed by atoms with Gasteiger partial charge in [-0.3, -0.25) is 14.9 Å². The highest BCUT2D eigenvalue weighted by Gasteiger charge is 2.43. The summed E-state index contributed by atoms with van der Waals surface area (Å²) in [5.41, 5.74) is 0.896. The molecule has 3 N–H and O–H groups in total. The van der Waals surface area contributed by atoms with Gasteiger partial charge in [0.2, 0.25) is 0 Å². The van der Waals surface area contributed by atoms with Crippen molar-refractivity contribution >= 4 is 23.5 Å². The highest BCUT2D eigenvalue weighted by atomic mass is 16.5. The Labute approximate surface area is 157 Å². The first-order chi connectivity index (χ1) is 12.9. The Hall–Kier alpha value is -3.19. The third-order valence-corrected chi connectivity index (χ3v) is 4.46. The van der Waals surface area contributed by atoms with Crippen LogP contribution in [0.3, 0.4) is 0 Å². The molecule has 0 spiro atoms. The molecule has 7 heteroatoms. The van der Waals surface area contributed by atoms with Crippen molar-refractivity contribution in [1.29, 1.82) is 0 Å². The van der Waals surface area contributed by atoms with Crippen molar-refractivity contribution in [2.24, 2.45) is 0 Å². The fraction of sp³-hybridized carbons (Fsp3) is 0.250. The largest absolute Gasteiger partial charge is 0.364 e. The summed E-state index contributed by atoms with van der Waals surface area (Å²) in [5.74, 6) is -0.733. The number of benzene rings is 2. The minimum Gasteiger partial charge on any atom is -0.364 e. The van der Waals surface area contributed by atoms with Gasteiger partial charge in [0.25, 0.3) is 11.8 Å². The molecule has 1 saturated heterocycles. The van der Waals surface area contributed by atoms with E-state index >= 15 is 0 Å². The summed E-state index contributed by atoms with van der Waals surface area (Å²) >= 11 is 0. The van der Waals surface area contributed by atoms with Gasteiger partial charge >= 0.3 is 6.03 Å². The van der Waals surface area contributed by atoms with Crippen molar-refractivity contribution in [2.75, 3.05) is 5.32 Å². The number of carbonyl (C=O) groups excluding carboxylic acids is 3. The lowest BCUT2D eigenvalue weighted by atomic mass is 9.92. The van der Waals surface area contributed by atoms with Crippen molar-refractivity contribution in [1.82, 2.24) is 10.6 Å². The van der Waals surface area contributed by atoms with Gasteiger partial charge in [0.05, 0.1) is 6.61 Å². The van der Waals surface area contributed by atoms with Crippen LogP contribution in [-0.4, -0.2) is 23.9 Å². The molecule has 1 fully saturated rings. The molecule has 140 valence electrons. The molecule has 1 aliphatic heterocycles. The summed E-state index contributed by atoms with van der Waals surface area (Å²) in [6, 6.07) is 15.8. The Balaban J connectivity index is 1.64. The maximum absolute atomic E-state index is 12.4. The molecule has 0 saturated carbocycles. The quantitative estimate of drug-likeness (QED) is 0.683. The minimum atomic E-state index is -1.17. The Bertz CT molecular complexity index is 869. The second-order valence-electron chi connectivity index (χ2n) is 6.54. The number of urea groups is 1. The number of hydrogen-bond donors (Lipinski definition) is 3. The molecular weight excluding hydrogens is 346 g/mol. The van der Waals surface area contributed by atoms with Gasteiger partial charge in [-0.1, -0.05) is 42.5 Å². The zero-order valence-electron chi connectivity index (χ0n) is 15.1. The number of carbonyl (C=O) groups is 3. The molecule has 1 heterocycles. The first-order valence-corrected chi connectivity index (χ1v) is 8.59. The smallest absolute Gasteiger partial charge is 0.322 e. The molecule has 3 rings (SSSR count). The zero-order chi connectivity index (χ0) is 19.4. The molecule has 2 atom stereocenters. The summed E-state index contributed by atoms with van der Waals surface area (Å²) in [6.45, 7) is 3.62. The molecule has 0 aromatic heterocycles. The van der Waals surface area contributed by atoms with Gasteiger partial charge in [0.1, 0.15) is 11.6 Å². The summed E-state index contributed by atoms with van der Waals surface area (Å²) < 4.78 is 5.61. The lowest BCUT2D eigenvalue weighted by molar-refractivity contribution is -0.127. The van der Waals surface area contributed by atoms with Crippen LogP contribution in [0.1, 0.15) is 25.0 Å². The van der Waals surface area contributed by atoms with Crippen LogP contribution >= 0.6 is 0 Å². The Morgan fingerprint density at radius 2 is 1.89 bits per heavy atom. The van der Waals surface area contributed by atoms with Crippen LogP contribution in [0.25, 0.3) is 0 Å². The molecular formula is C20H21N3O4. The zero-order valence-corrected chi connectivity index (χ0v) is 15.1. The van der Waals surface area contributed by atoms with Crippen LogP contribution in [0.15, 0.2) is 54.6 Å². The van der Waals surface area contributed by atoms with Gasteiger partial charge in [-0.05, 0) is 37.1 Å². The fourth-order valence-corrected chi connectivity index (χ4v) is 2.77. The van der Waals surface area contributed by atoms with E-state index in [9.17, 15) is 14.4 Å². The first-order valence-electron chi connectivity index (χ1n) is 8.59. The Morgan fingerprint density at radius 1 is 1.15 bits per heavy atom. The van der Waals surface area contributed by atoms with Crippen molar-refractivity contribution < 1.29 is 19.1 Å². The van der Waals surface area contributed by atoms with E-state index in [1.165, 1.54) is 0 Å². The lowest BCUT2D eigenvalue weighted by Crippen LogP contribution is -2.40. The van der Waals surface area contributed by atoms with Gasteiger partial charge in [-0.15, -0.1) is 0 Å². The number of ether oxygens (including phenoxy) is 1. The average Bonchev–Trinajstić information content (AvgIpc) is 2.93. The normalized spacial score (nSPS) is 19.9. The second-order valence-corrected chi connectivity index (χ2v) is 6.54. The van der Waals surface area contributed by atoms with E-state index in [0.717, 1.165) is 5.56 Å². The third kappa shape index (κ3) is 4.15. The van der Waals surface area contributed by atoms with E-state index in [4.69, 9.17) is 4.74 Å². The maximum Gasteiger partial charge on any atom is 0.322 e. The monoisotopic (exact) mass is 367 g/mol. The van der Waals surface area contributed by atoms with Crippen LogP contribution in [0.4, 0.5) is 10.5 Å². The molecule has 7 nitrogen and oxygen atoms in total.